The normalized spacial score (nSPS) is 14.6. The smallest absolute Gasteiger partial charge is 0.225 e. The van der Waals surface area contributed by atoms with Crippen LogP contribution in [-0.4, -0.2) is 29.9 Å². The number of carbonyl (C=O) groups is 1. The molecule has 0 radical (unpaired) electrons. The van der Waals surface area contributed by atoms with Crippen LogP contribution in [0.5, 0.6) is 0 Å². The van der Waals surface area contributed by atoms with E-state index < -0.39 is 0 Å². The van der Waals surface area contributed by atoms with Crippen LogP contribution in [0, 0.1) is 5.92 Å². The first-order valence-electron chi connectivity index (χ1n) is 6.57. The lowest BCUT2D eigenvalue weighted by Gasteiger charge is -2.24. The van der Waals surface area contributed by atoms with Crippen LogP contribution in [-0.2, 0) is 4.79 Å². The van der Waals surface area contributed by atoms with Crippen molar-refractivity contribution in [3.63, 3.8) is 0 Å². The number of nitrogens with zero attached hydrogens (tertiary/aromatic N) is 1. The van der Waals surface area contributed by atoms with Gasteiger partial charge < -0.3 is 10.6 Å². The first kappa shape index (κ1) is 15.4. The molecule has 2 unspecified atom stereocenters. The predicted octanol–water partition coefficient (Wildman–Crippen LogP) is 2.40. The van der Waals surface area contributed by atoms with Crippen LogP contribution in [0.4, 0.5) is 0 Å². The summed E-state index contributed by atoms with van der Waals surface area (Å²) in [6.45, 7) is 9.90. The fraction of sp³-hybridized carbons (Fsp3) is 0.923. The van der Waals surface area contributed by atoms with Gasteiger partial charge in [-0.1, -0.05) is 20.3 Å². The number of nitrogens with two attached hydrogens (primary N) is 1. The molecule has 1 amide bonds. The van der Waals surface area contributed by atoms with Crippen molar-refractivity contribution in [3.05, 3.63) is 0 Å². The van der Waals surface area contributed by atoms with Crippen LogP contribution >= 0.6 is 0 Å². The summed E-state index contributed by atoms with van der Waals surface area (Å²) in [7, 11) is 0. The van der Waals surface area contributed by atoms with E-state index in [2.05, 4.69) is 6.92 Å². The summed E-state index contributed by atoms with van der Waals surface area (Å²) in [4.78, 5) is 14.0. The van der Waals surface area contributed by atoms with E-state index in [0.29, 0.717) is 5.91 Å². The van der Waals surface area contributed by atoms with Crippen molar-refractivity contribution in [1.82, 2.24) is 4.90 Å². The molecule has 0 saturated heterocycles. The molecule has 0 aliphatic heterocycles. The van der Waals surface area contributed by atoms with Gasteiger partial charge in [0.1, 0.15) is 0 Å². The van der Waals surface area contributed by atoms with E-state index in [4.69, 9.17) is 5.73 Å². The van der Waals surface area contributed by atoms with Crippen LogP contribution in [0.25, 0.3) is 0 Å². The molecule has 0 saturated carbocycles. The lowest BCUT2D eigenvalue weighted by atomic mass is 10.0. The van der Waals surface area contributed by atoms with E-state index in [9.17, 15) is 4.79 Å². The largest absolute Gasteiger partial charge is 0.343 e. The number of rotatable bonds is 8. The molecular weight excluding hydrogens is 200 g/mol. The Labute approximate surface area is 100 Å². The molecule has 0 aromatic rings. The molecule has 0 fully saturated rings. The molecule has 16 heavy (non-hydrogen) atoms. The summed E-state index contributed by atoms with van der Waals surface area (Å²) in [5.41, 5.74) is 5.69. The van der Waals surface area contributed by atoms with Gasteiger partial charge in [0.15, 0.2) is 0 Å². The van der Waals surface area contributed by atoms with Gasteiger partial charge >= 0.3 is 0 Å². The molecule has 0 spiro atoms. The van der Waals surface area contributed by atoms with E-state index >= 15 is 0 Å². The van der Waals surface area contributed by atoms with E-state index in [-0.39, 0.29) is 12.0 Å². The minimum Gasteiger partial charge on any atom is -0.343 e. The molecule has 0 bridgehead atoms. The topological polar surface area (TPSA) is 46.3 Å². The zero-order valence-electron chi connectivity index (χ0n) is 11.3. The molecule has 0 aliphatic carbocycles. The van der Waals surface area contributed by atoms with Gasteiger partial charge in [0.05, 0.1) is 0 Å². The Kier molecular flexibility index (Phi) is 8.26. The Bertz CT molecular complexity index is 192. The lowest BCUT2D eigenvalue weighted by Crippen LogP contribution is -2.35. The third-order valence-corrected chi connectivity index (χ3v) is 2.91. The molecule has 2 atom stereocenters. The Balaban J connectivity index is 3.95. The summed E-state index contributed by atoms with van der Waals surface area (Å²) >= 11 is 0. The number of carbonyl (C=O) groups excluding carboxylic acids is 1. The standard InChI is InChI=1S/C13H28N2O/c1-5-10-15(6-2)13(16)11(3)8-7-9-12(4)14/h11-12H,5-10,14H2,1-4H3. The molecule has 0 aromatic carbocycles. The molecule has 2 N–H and O–H groups in total. The van der Waals surface area contributed by atoms with Gasteiger partial charge in [0.25, 0.3) is 0 Å². The van der Waals surface area contributed by atoms with Gasteiger partial charge in [-0.15, -0.1) is 0 Å². The molecule has 0 heterocycles. The minimum absolute atomic E-state index is 0.144. The minimum atomic E-state index is 0.144. The van der Waals surface area contributed by atoms with Gasteiger partial charge in [-0.3, -0.25) is 4.79 Å². The maximum absolute atomic E-state index is 12.0. The third kappa shape index (κ3) is 6.11. The number of amides is 1. The van der Waals surface area contributed by atoms with E-state index in [1.54, 1.807) is 0 Å². The van der Waals surface area contributed by atoms with E-state index in [1.165, 1.54) is 0 Å². The summed E-state index contributed by atoms with van der Waals surface area (Å²) in [6.07, 6.45) is 4.05. The van der Waals surface area contributed by atoms with Crippen LogP contribution < -0.4 is 5.73 Å². The van der Waals surface area contributed by atoms with Gasteiger partial charge in [-0.05, 0) is 33.1 Å². The maximum atomic E-state index is 12.0. The second-order valence-corrected chi connectivity index (χ2v) is 4.73. The van der Waals surface area contributed by atoms with Crippen molar-refractivity contribution in [2.45, 2.75) is 59.4 Å². The second-order valence-electron chi connectivity index (χ2n) is 4.73. The molecule has 3 heteroatoms. The first-order valence-corrected chi connectivity index (χ1v) is 6.57. The van der Waals surface area contributed by atoms with Crippen molar-refractivity contribution < 1.29 is 4.79 Å². The van der Waals surface area contributed by atoms with Crippen molar-refractivity contribution in [2.24, 2.45) is 11.7 Å². The fourth-order valence-electron chi connectivity index (χ4n) is 1.88. The summed E-state index contributed by atoms with van der Waals surface area (Å²) in [5, 5.41) is 0. The summed E-state index contributed by atoms with van der Waals surface area (Å²) < 4.78 is 0. The van der Waals surface area contributed by atoms with Crippen molar-refractivity contribution in [2.75, 3.05) is 13.1 Å². The number of hydrogen-bond acceptors (Lipinski definition) is 2. The second kappa shape index (κ2) is 8.57. The monoisotopic (exact) mass is 228 g/mol. The van der Waals surface area contributed by atoms with Crippen LogP contribution in [0.2, 0.25) is 0 Å². The molecule has 96 valence electrons. The molecule has 0 rings (SSSR count). The van der Waals surface area contributed by atoms with E-state index in [1.807, 2.05) is 25.7 Å². The maximum Gasteiger partial charge on any atom is 0.225 e. The Hall–Kier alpha value is -0.570. The van der Waals surface area contributed by atoms with Crippen molar-refractivity contribution in [3.8, 4) is 0 Å². The van der Waals surface area contributed by atoms with Gasteiger partial charge in [-0.2, -0.15) is 0 Å². The van der Waals surface area contributed by atoms with Gasteiger partial charge in [0, 0.05) is 25.0 Å². The van der Waals surface area contributed by atoms with Crippen LogP contribution in [0.15, 0.2) is 0 Å². The SMILES string of the molecule is CCCN(CC)C(=O)C(C)CCCC(C)N. The van der Waals surface area contributed by atoms with Crippen LogP contribution in [0.3, 0.4) is 0 Å². The van der Waals surface area contributed by atoms with Crippen molar-refractivity contribution in [1.29, 1.82) is 0 Å². The predicted molar refractivity (Wildman–Crippen MR) is 69.2 cm³/mol. The highest BCUT2D eigenvalue weighted by Gasteiger charge is 2.18. The van der Waals surface area contributed by atoms with Crippen LogP contribution in [0.1, 0.15) is 53.4 Å². The zero-order chi connectivity index (χ0) is 12.6. The number of hydrogen-bond donors (Lipinski definition) is 1. The highest BCUT2D eigenvalue weighted by atomic mass is 16.2. The zero-order valence-corrected chi connectivity index (χ0v) is 11.3. The molecule has 3 nitrogen and oxygen atoms in total. The first-order chi connectivity index (χ1) is 7.52. The Morgan fingerprint density at radius 2 is 1.88 bits per heavy atom. The molecular formula is C13H28N2O. The lowest BCUT2D eigenvalue weighted by molar-refractivity contribution is -0.135. The van der Waals surface area contributed by atoms with Gasteiger partial charge in [0.2, 0.25) is 5.91 Å². The van der Waals surface area contributed by atoms with Gasteiger partial charge in [-0.25, -0.2) is 0 Å². The fourth-order valence-corrected chi connectivity index (χ4v) is 1.88. The Morgan fingerprint density at radius 1 is 1.25 bits per heavy atom. The van der Waals surface area contributed by atoms with Crippen molar-refractivity contribution >= 4 is 5.91 Å². The highest BCUT2D eigenvalue weighted by molar-refractivity contribution is 5.78. The van der Waals surface area contributed by atoms with E-state index in [0.717, 1.165) is 38.8 Å². The summed E-state index contributed by atoms with van der Waals surface area (Å²) in [5.74, 6) is 0.444. The average Bonchev–Trinajstić information content (AvgIpc) is 2.24. The third-order valence-electron chi connectivity index (χ3n) is 2.91. The molecule has 0 aromatic heterocycles. The summed E-state index contributed by atoms with van der Waals surface area (Å²) in [6, 6.07) is 0.250. The average molecular weight is 228 g/mol. The molecule has 0 aliphatic rings. The Morgan fingerprint density at radius 3 is 2.31 bits per heavy atom. The quantitative estimate of drug-likeness (QED) is 0.693. The highest BCUT2D eigenvalue weighted by Crippen LogP contribution is 2.12.